The molecule has 0 aliphatic carbocycles. The topological polar surface area (TPSA) is 57.4 Å². The molecule has 0 amide bonds. The van der Waals surface area contributed by atoms with Crippen LogP contribution in [0.3, 0.4) is 0 Å². The maximum absolute atomic E-state index is 5.85. The monoisotopic (exact) mass is 332 g/mol. The Labute approximate surface area is 144 Å². The van der Waals surface area contributed by atoms with Crippen molar-refractivity contribution in [3.63, 3.8) is 0 Å². The molecule has 0 spiro atoms. The van der Waals surface area contributed by atoms with Gasteiger partial charge in [-0.05, 0) is 42.0 Å². The van der Waals surface area contributed by atoms with Gasteiger partial charge in [0.2, 0.25) is 5.89 Å². The molecule has 0 N–H and O–H groups in total. The minimum Gasteiger partial charge on any atom is -0.497 e. The lowest BCUT2D eigenvalue weighted by Gasteiger charge is -2.06. The number of pyridine rings is 1. The molecule has 5 nitrogen and oxygen atoms in total. The molecule has 25 heavy (non-hydrogen) atoms. The van der Waals surface area contributed by atoms with E-state index in [2.05, 4.69) is 9.97 Å². The molecule has 5 heteroatoms. The molecule has 0 atom stereocenters. The summed E-state index contributed by atoms with van der Waals surface area (Å²) in [7, 11) is 1.65. The van der Waals surface area contributed by atoms with E-state index in [4.69, 9.17) is 13.9 Å². The first-order chi connectivity index (χ1) is 12.3. The molecule has 0 bridgehead atoms. The van der Waals surface area contributed by atoms with Crippen molar-refractivity contribution in [1.29, 1.82) is 0 Å². The predicted molar refractivity (Wildman–Crippen MR) is 94.6 cm³/mol. The predicted octanol–water partition coefficient (Wildman–Crippen LogP) is 4.48. The van der Waals surface area contributed by atoms with Crippen LogP contribution in [-0.2, 0) is 6.61 Å². The van der Waals surface area contributed by atoms with Crippen molar-refractivity contribution in [2.24, 2.45) is 0 Å². The third-order valence-electron chi connectivity index (χ3n) is 3.83. The zero-order chi connectivity index (χ0) is 17.1. The van der Waals surface area contributed by atoms with Gasteiger partial charge in [0.1, 0.15) is 23.6 Å². The van der Waals surface area contributed by atoms with Gasteiger partial charge >= 0.3 is 0 Å². The van der Waals surface area contributed by atoms with Crippen LogP contribution in [-0.4, -0.2) is 17.1 Å². The number of hydrogen-bond acceptors (Lipinski definition) is 5. The smallest absolute Gasteiger partial charge is 0.228 e. The number of rotatable bonds is 5. The van der Waals surface area contributed by atoms with E-state index in [0.29, 0.717) is 12.5 Å². The van der Waals surface area contributed by atoms with Crippen LogP contribution in [0.15, 0.2) is 71.4 Å². The Bertz CT molecular complexity index is 979. The molecule has 0 saturated carbocycles. The summed E-state index contributed by atoms with van der Waals surface area (Å²) in [6.07, 6.45) is 3.45. The van der Waals surface area contributed by atoms with E-state index in [0.717, 1.165) is 33.7 Å². The first-order valence-electron chi connectivity index (χ1n) is 7.88. The summed E-state index contributed by atoms with van der Waals surface area (Å²) >= 11 is 0. The third kappa shape index (κ3) is 3.30. The molecule has 2 aromatic carbocycles. The first kappa shape index (κ1) is 15.2. The van der Waals surface area contributed by atoms with Crippen LogP contribution in [0.25, 0.3) is 22.6 Å². The number of benzene rings is 2. The second-order valence-electron chi connectivity index (χ2n) is 5.53. The zero-order valence-corrected chi connectivity index (χ0v) is 13.7. The Hall–Kier alpha value is -3.34. The minimum absolute atomic E-state index is 0.475. The Morgan fingerprint density at radius 1 is 1.00 bits per heavy atom. The fourth-order valence-corrected chi connectivity index (χ4v) is 2.50. The summed E-state index contributed by atoms with van der Waals surface area (Å²) in [4.78, 5) is 8.61. The molecule has 0 aliphatic heterocycles. The van der Waals surface area contributed by atoms with E-state index < -0.39 is 0 Å². The molecule has 124 valence electrons. The molecule has 0 fully saturated rings. The Balaban J connectivity index is 1.52. The highest BCUT2D eigenvalue weighted by Gasteiger charge is 2.09. The van der Waals surface area contributed by atoms with Gasteiger partial charge in [0, 0.05) is 18.5 Å². The van der Waals surface area contributed by atoms with Crippen molar-refractivity contribution in [2.45, 2.75) is 6.61 Å². The van der Waals surface area contributed by atoms with Crippen molar-refractivity contribution in [3.8, 4) is 23.0 Å². The largest absolute Gasteiger partial charge is 0.497 e. The second-order valence-corrected chi connectivity index (χ2v) is 5.53. The lowest BCUT2D eigenvalue weighted by atomic mass is 10.2. The van der Waals surface area contributed by atoms with Crippen LogP contribution in [0.5, 0.6) is 11.5 Å². The molecular weight excluding hydrogens is 316 g/mol. The molecule has 0 aliphatic rings. The van der Waals surface area contributed by atoms with Crippen molar-refractivity contribution in [1.82, 2.24) is 9.97 Å². The van der Waals surface area contributed by atoms with E-state index in [1.165, 1.54) is 0 Å². The highest BCUT2D eigenvalue weighted by atomic mass is 16.5. The lowest BCUT2D eigenvalue weighted by molar-refractivity contribution is 0.306. The fraction of sp³-hybridized carbons (Fsp3) is 0.100. The van der Waals surface area contributed by atoms with E-state index in [1.807, 2.05) is 54.6 Å². The average Bonchev–Trinajstić information content (AvgIpc) is 3.11. The highest BCUT2D eigenvalue weighted by Crippen LogP contribution is 2.27. The van der Waals surface area contributed by atoms with Crippen LogP contribution in [0.4, 0.5) is 0 Å². The lowest BCUT2D eigenvalue weighted by Crippen LogP contribution is -1.95. The van der Waals surface area contributed by atoms with Crippen molar-refractivity contribution >= 4 is 11.1 Å². The third-order valence-corrected chi connectivity index (χ3v) is 3.83. The van der Waals surface area contributed by atoms with E-state index in [-0.39, 0.29) is 0 Å². The molecular formula is C20H16N2O3. The number of fused-ring (bicyclic) bond motifs is 1. The summed E-state index contributed by atoms with van der Waals surface area (Å²) in [6, 6.07) is 17.2. The highest BCUT2D eigenvalue weighted by molar-refractivity contribution is 5.77. The van der Waals surface area contributed by atoms with Crippen molar-refractivity contribution in [3.05, 3.63) is 72.6 Å². The van der Waals surface area contributed by atoms with Crippen LogP contribution in [0.2, 0.25) is 0 Å². The Kier molecular flexibility index (Phi) is 4.04. The van der Waals surface area contributed by atoms with Crippen LogP contribution >= 0.6 is 0 Å². The van der Waals surface area contributed by atoms with Gasteiger partial charge in [-0.15, -0.1) is 0 Å². The van der Waals surface area contributed by atoms with Crippen molar-refractivity contribution in [2.75, 3.05) is 7.11 Å². The Morgan fingerprint density at radius 3 is 2.60 bits per heavy atom. The number of oxazole rings is 1. The molecule has 0 radical (unpaired) electrons. The van der Waals surface area contributed by atoms with E-state index in [9.17, 15) is 0 Å². The number of methoxy groups -OCH3 is 1. The number of ether oxygens (including phenoxy) is 2. The summed E-state index contributed by atoms with van der Waals surface area (Å²) in [5.74, 6) is 2.13. The maximum Gasteiger partial charge on any atom is 0.228 e. The standard InChI is InChI=1S/C20H16N2O3/c1-23-16-6-4-14(5-7-16)13-24-17-8-9-19-18(11-17)22-20(25-19)15-3-2-10-21-12-15/h2-12H,13H2,1H3. The quantitative estimate of drug-likeness (QED) is 0.539. The van der Waals surface area contributed by atoms with Crippen LogP contribution in [0, 0.1) is 0 Å². The summed E-state index contributed by atoms with van der Waals surface area (Å²) in [6.45, 7) is 0.475. The van der Waals surface area contributed by atoms with E-state index >= 15 is 0 Å². The SMILES string of the molecule is COc1ccc(COc2ccc3oc(-c4cccnc4)nc3c2)cc1. The second kappa shape index (κ2) is 6.65. The normalized spacial score (nSPS) is 10.8. The van der Waals surface area contributed by atoms with Crippen LogP contribution < -0.4 is 9.47 Å². The number of nitrogens with zero attached hydrogens (tertiary/aromatic N) is 2. The molecule has 4 aromatic rings. The van der Waals surface area contributed by atoms with Gasteiger partial charge in [0.15, 0.2) is 5.58 Å². The minimum atomic E-state index is 0.475. The molecule has 2 heterocycles. The van der Waals surface area contributed by atoms with Gasteiger partial charge in [-0.2, -0.15) is 0 Å². The first-order valence-corrected chi connectivity index (χ1v) is 7.88. The van der Waals surface area contributed by atoms with Crippen LogP contribution in [0.1, 0.15) is 5.56 Å². The van der Waals surface area contributed by atoms with Gasteiger partial charge < -0.3 is 13.9 Å². The van der Waals surface area contributed by atoms with Gasteiger partial charge in [-0.3, -0.25) is 4.98 Å². The molecule has 0 saturated heterocycles. The van der Waals surface area contributed by atoms with Gasteiger partial charge in [-0.25, -0.2) is 4.98 Å². The molecule has 4 rings (SSSR count). The summed E-state index contributed by atoms with van der Waals surface area (Å²) < 4.78 is 16.8. The fourth-order valence-electron chi connectivity index (χ4n) is 2.50. The van der Waals surface area contributed by atoms with Crippen molar-refractivity contribution < 1.29 is 13.9 Å². The van der Waals surface area contributed by atoms with E-state index in [1.54, 1.807) is 19.5 Å². The molecule has 2 aromatic heterocycles. The van der Waals surface area contributed by atoms with Gasteiger partial charge in [0.25, 0.3) is 0 Å². The van der Waals surface area contributed by atoms with Gasteiger partial charge in [-0.1, -0.05) is 12.1 Å². The molecule has 0 unspecified atom stereocenters. The average molecular weight is 332 g/mol. The zero-order valence-electron chi connectivity index (χ0n) is 13.7. The number of hydrogen-bond donors (Lipinski definition) is 0. The summed E-state index contributed by atoms with van der Waals surface area (Å²) in [5, 5.41) is 0. The summed E-state index contributed by atoms with van der Waals surface area (Å²) in [5.41, 5.74) is 3.39. The maximum atomic E-state index is 5.85. The number of aromatic nitrogens is 2. The Morgan fingerprint density at radius 2 is 1.84 bits per heavy atom. The van der Waals surface area contributed by atoms with Gasteiger partial charge in [0.05, 0.1) is 12.7 Å².